The molecule has 1 radical (unpaired) electrons. The molecule has 0 rings (SSSR count). The van der Waals surface area contributed by atoms with Crippen LogP contribution in [0.1, 0.15) is 0 Å². The molecule has 0 aliphatic heterocycles. The van der Waals surface area contributed by atoms with Crippen molar-refractivity contribution in [3.63, 3.8) is 0 Å². The topological polar surface area (TPSA) is 44.7 Å². The highest BCUT2D eigenvalue weighted by molar-refractivity contribution is 7.58. The Kier molecular flexibility index (Phi) is 3.04. The number of quaternary nitrogens is 1. The fourth-order valence-electron chi connectivity index (χ4n) is 0.0929. The summed E-state index contributed by atoms with van der Waals surface area (Å²) in [6.07, 6.45) is 0. The first kappa shape index (κ1) is 6.98. The van der Waals surface area contributed by atoms with E-state index in [0.29, 0.717) is 5.75 Å². The Morgan fingerprint density at radius 3 is 2.43 bits per heavy atom. The summed E-state index contributed by atoms with van der Waals surface area (Å²) in [5.41, 5.74) is 3.44. The second-order valence-electron chi connectivity index (χ2n) is 1.33. The van der Waals surface area contributed by atoms with Gasteiger partial charge in [-0.1, -0.05) is 0 Å². The number of carbonyl (C=O) groups is 1. The predicted octanol–water partition coefficient (Wildman–Crippen LogP) is -1.45. The van der Waals surface area contributed by atoms with Crippen molar-refractivity contribution in [2.45, 2.75) is 6.04 Å². The van der Waals surface area contributed by atoms with Gasteiger partial charge in [-0.05, 0) is 0 Å². The molecule has 3 heteroatoms. The molecule has 0 bridgehead atoms. The highest BCUT2D eigenvalue weighted by Crippen LogP contribution is 1.72. The number of rotatable bonds is 2. The van der Waals surface area contributed by atoms with Crippen molar-refractivity contribution in [1.82, 2.24) is 0 Å². The average molecular weight is 118 g/mol. The molecule has 41 valence electrons. The molecule has 0 aromatic heterocycles. The third-order valence-corrected chi connectivity index (χ3v) is 1.06. The smallest absolute Gasteiger partial charge is 0.188 e. The zero-order chi connectivity index (χ0) is 5.86. The number of carbonyl (C=O) groups excluding carboxylic acids is 1. The van der Waals surface area contributed by atoms with Crippen molar-refractivity contribution in [3.05, 3.63) is 6.92 Å². The lowest BCUT2D eigenvalue weighted by atomic mass is 10.3. The van der Waals surface area contributed by atoms with Gasteiger partial charge in [0.05, 0.1) is 0 Å². The maximum Gasteiger partial charge on any atom is 0.188 e. The van der Waals surface area contributed by atoms with Gasteiger partial charge in [-0.3, -0.25) is 4.79 Å². The Hall–Kier alpha value is -0.0200. The van der Waals surface area contributed by atoms with Crippen molar-refractivity contribution in [2.75, 3.05) is 5.75 Å². The summed E-state index contributed by atoms with van der Waals surface area (Å²) in [6.45, 7) is 3.14. The maximum atomic E-state index is 10.1. The van der Waals surface area contributed by atoms with E-state index in [9.17, 15) is 4.79 Å². The third kappa shape index (κ3) is 2.65. The molecule has 0 aromatic rings. The molecule has 0 aromatic carbocycles. The van der Waals surface area contributed by atoms with E-state index in [1.54, 1.807) is 0 Å². The minimum Gasteiger partial charge on any atom is -0.786 e. The SMILES string of the molecule is [CH2]C(=O)[C@@H]([NH3+])C[S-]. The van der Waals surface area contributed by atoms with Gasteiger partial charge in [-0.2, -0.15) is 0 Å². The average Bonchev–Trinajstić information content (AvgIpc) is 1.65. The second-order valence-corrected chi connectivity index (χ2v) is 1.66. The van der Waals surface area contributed by atoms with E-state index in [1.165, 1.54) is 0 Å². The van der Waals surface area contributed by atoms with Crippen LogP contribution >= 0.6 is 0 Å². The molecule has 1 atom stereocenters. The lowest BCUT2D eigenvalue weighted by Crippen LogP contribution is -2.65. The number of ketones is 1. The predicted molar refractivity (Wildman–Crippen MR) is 29.3 cm³/mol. The van der Waals surface area contributed by atoms with E-state index < -0.39 is 0 Å². The zero-order valence-electron chi connectivity index (χ0n) is 4.02. The molecule has 0 saturated heterocycles. The summed E-state index contributed by atoms with van der Waals surface area (Å²) in [6, 6.07) is -0.282. The highest BCUT2D eigenvalue weighted by Gasteiger charge is 2.02. The van der Waals surface area contributed by atoms with Crippen LogP contribution in [0.3, 0.4) is 0 Å². The molecule has 0 aliphatic carbocycles. The Bertz CT molecular complexity index is 74.1. The van der Waals surface area contributed by atoms with Gasteiger partial charge in [-0.25, -0.2) is 0 Å². The Balaban J connectivity index is 3.34. The van der Waals surface area contributed by atoms with Crippen LogP contribution in [0.4, 0.5) is 0 Å². The molecule has 2 nitrogen and oxygen atoms in total. The second kappa shape index (κ2) is 3.04. The lowest BCUT2D eigenvalue weighted by Gasteiger charge is -2.04. The van der Waals surface area contributed by atoms with Crippen molar-refractivity contribution < 1.29 is 10.5 Å². The summed E-state index contributed by atoms with van der Waals surface area (Å²) in [7, 11) is 0. The fraction of sp³-hybridized carbons (Fsp3) is 0.500. The Morgan fingerprint density at radius 2 is 2.43 bits per heavy atom. The fourth-order valence-corrected chi connectivity index (χ4v) is 0.279. The molecular weight excluding hydrogens is 110 g/mol. The van der Waals surface area contributed by atoms with Gasteiger partial charge in [-0.15, -0.1) is 5.75 Å². The van der Waals surface area contributed by atoms with Gasteiger partial charge in [0.1, 0.15) is 6.04 Å². The van der Waals surface area contributed by atoms with Gasteiger partial charge in [0, 0.05) is 6.92 Å². The van der Waals surface area contributed by atoms with Gasteiger partial charge in [0.15, 0.2) is 5.78 Å². The van der Waals surface area contributed by atoms with E-state index in [4.69, 9.17) is 0 Å². The monoisotopic (exact) mass is 118 g/mol. The van der Waals surface area contributed by atoms with Crippen LogP contribution in [-0.2, 0) is 17.4 Å². The van der Waals surface area contributed by atoms with E-state index in [1.807, 2.05) is 0 Å². The van der Waals surface area contributed by atoms with Crippen molar-refractivity contribution in [2.24, 2.45) is 0 Å². The molecule has 0 unspecified atom stereocenters. The molecule has 7 heavy (non-hydrogen) atoms. The molecule has 0 saturated carbocycles. The normalized spacial score (nSPS) is 13.6. The first-order valence-corrected chi connectivity index (χ1v) is 2.53. The largest absolute Gasteiger partial charge is 0.786 e. The summed E-state index contributed by atoms with van der Waals surface area (Å²) in [5.74, 6) is 0.206. The van der Waals surface area contributed by atoms with Crippen molar-refractivity contribution in [3.8, 4) is 0 Å². The van der Waals surface area contributed by atoms with Crippen molar-refractivity contribution in [1.29, 1.82) is 0 Å². The Morgan fingerprint density at radius 1 is 2.00 bits per heavy atom. The molecule has 0 fully saturated rings. The van der Waals surface area contributed by atoms with Crippen molar-refractivity contribution >= 4 is 18.4 Å². The summed E-state index contributed by atoms with van der Waals surface area (Å²) in [4.78, 5) is 10.1. The van der Waals surface area contributed by atoms with Crippen LogP contribution in [-0.4, -0.2) is 17.6 Å². The number of hydrogen-bond acceptors (Lipinski definition) is 2. The summed E-state index contributed by atoms with van der Waals surface area (Å²) in [5, 5.41) is 0. The highest BCUT2D eigenvalue weighted by atomic mass is 32.1. The lowest BCUT2D eigenvalue weighted by molar-refractivity contribution is -0.394. The standard InChI is InChI=1S/C4H8NOS/c1-3(6)4(5)2-7/h4,7H,1-2,5H2/t4-/m0/s1. The molecule has 0 heterocycles. The van der Waals surface area contributed by atoms with Crippen LogP contribution in [0.25, 0.3) is 0 Å². The first-order valence-electron chi connectivity index (χ1n) is 1.95. The Labute approximate surface area is 48.5 Å². The number of Topliss-reactive ketones (excluding diaryl/α,β-unsaturated/α-hetero) is 1. The van der Waals surface area contributed by atoms with E-state index in [0.717, 1.165) is 0 Å². The molecule has 3 N–H and O–H groups in total. The van der Waals surface area contributed by atoms with Gasteiger partial charge < -0.3 is 18.4 Å². The summed E-state index contributed by atoms with van der Waals surface area (Å²) < 4.78 is 0. The summed E-state index contributed by atoms with van der Waals surface area (Å²) >= 11 is 4.53. The molecular formula is C4H8NOS. The molecule has 0 aliphatic rings. The van der Waals surface area contributed by atoms with Gasteiger partial charge in [0.25, 0.3) is 0 Å². The zero-order valence-corrected chi connectivity index (χ0v) is 4.83. The minimum atomic E-state index is -0.282. The van der Waals surface area contributed by atoms with E-state index in [2.05, 4.69) is 25.3 Å². The van der Waals surface area contributed by atoms with E-state index in [-0.39, 0.29) is 11.8 Å². The quantitative estimate of drug-likeness (QED) is 0.451. The van der Waals surface area contributed by atoms with Crippen LogP contribution in [0, 0.1) is 6.92 Å². The molecule has 0 spiro atoms. The number of hydrogen-bond donors (Lipinski definition) is 1. The maximum absolute atomic E-state index is 10.1. The van der Waals surface area contributed by atoms with Gasteiger partial charge >= 0.3 is 0 Å². The first-order chi connectivity index (χ1) is 3.18. The molecule has 0 amide bonds. The van der Waals surface area contributed by atoms with Crippen LogP contribution in [0.5, 0.6) is 0 Å². The minimum absolute atomic E-state index is 0.171. The van der Waals surface area contributed by atoms with Gasteiger partial charge in [0.2, 0.25) is 0 Å². The van der Waals surface area contributed by atoms with Crippen LogP contribution < -0.4 is 5.73 Å². The van der Waals surface area contributed by atoms with E-state index >= 15 is 0 Å². The van der Waals surface area contributed by atoms with Crippen LogP contribution in [0.2, 0.25) is 0 Å². The third-order valence-electron chi connectivity index (χ3n) is 0.657. The van der Waals surface area contributed by atoms with Crippen LogP contribution in [0.15, 0.2) is 0 Å².